The largest absolute Gasteiger partial charge is 0.480 e. The third-order valence-electron chi connectivity index (χ3n) is 4.12. The summed E-state index contributed by atoms with van der Waals surface area (Å²) in [4.78, 5) is 27.1. The number of ether oxygens (including phenoxy) is 1. The molecular weight excluding hydrogens is 296 g/mol. The number of rotatable bonds is 7. The van der Waals surface area contributed by atoms with Gasteiger partial charge in [0.05, 0.1) is 0 Å². The number of nitrogens with zero attached hydrogens (tertiary/aromatic N) is 2. The van der Waals surface area contributed by atoms with Gasteiger partial charge in [-0.15, -0.1) is 0 Å². The Balaban J connectivity index is 1.91. The van der Waals surface area contributed by atoms with Crippen molar-refractivity contribution in [3.05, 3.63) is 35.9 Å². The molecule has 1 aliphatic rings. The summed E-state index contributed by atoms with van der Waals surface area (Å²) >= 11 is 0. The second-order valence-electron chi connectivity index (χ2n) is 5.80. The summed E-state index contributed by atoms with van der Waals surface area (Å²) in [6.45, 7) is 4.71. The third-order valence-corrected chi connectivity index (χ3v) is 4.12. The van der Waals surface area contributed by atoms with Crippen LogP contribution in [0.1, 0.15) is 25.3 Å². The molecule has 23 heavy (non-hydrogen) atoms. The number of carboxylic acid groups (broad SMARTS) is 1. The maximum Gasteiger partial charge on any atom is 0.410 e. The van der Waals surface area contributed by atoms with Gasteiger partial charge < -0.3 is 14.7 Å². The highest BCUT2D eigenvalue weighted by atomic mass is 16.6. The number of hydrogen-bond acceptors (Lipinski definition) is 4. The Bertz CT molecular complexity index is 515. The molecular formula is C17H24N2O4. The minimum Gasteiger partial charge on any atom is -0.480 e. The SMILES string of the molecule is CC(C(=O)O)N(CCN1CCCC1)C(=O)OCc1ccccc1. The van der Waals surface area contributed by atoms with E-state index >= 15 is 0 Å². The molecule has 1 unspecified atom stereocenters. The number of carbonyl (C=O) groups excluding carboxylic acids is 1. The highest BCUT2D eigenvalue weighted by Gasteiger charge is 2.27. The van der Waals surface area contributed by atoms with Crippen LogP contribution in [0, 0.1) is 0 Å². The van der Waals surface area contributed by atoms with Gasteiger partial charge in [-0.3, -0.25) is 4.90 Å². The summed E-state index contributed by atoms with van der Waals surface area (Å²) in [5, 5.41) is 9.22. The third kappa shape index (κ3) is 5.25. The lowest BCUT2D eigenvalue weighted by molar-refractivity contribution is -0.142. The predicted octanol–water partition coefficient (Wildman–Crippen LogP) is 2.19. The number of amides is 1. The van der Waals surface area contributed by atoms with Crippen LogP contribution >= 0.6 is 0 Å². The van der Waals surface area contributed by atoms with Crippen molar-refractivity contribution in [1.82, 2.24) is 9.80 Å². The van der Waals surface area contributed by atoms with Gasteiger partial charge in [0.1, 0.15) is 12.6 Å². The molecule has 2 rings (SSSR count). The molecule has 6 heteroatoms. The Morgan fingerprint density at radius 3 is 2.52 bits per heavy atom. The molecule has 0 radical (unpaired) electrons. The molecule has 0 aliphatic carbocycles. The van der Waals surface area contributed by atoms with Gasteiger partial charge in [-0.1, -0.05) is 30.3 Å². The summed E-state index contributed by atoms with van der Waals surface area (Å²) in [5.74, 6) is -1.02. The number of carbonyl (C=O) groups is 2. The monoisotopic (exact) mass is 320 g/mol. The molecule has 1 aliphatic heterocycles. The van der Waals surface area contributed by atoms with Crippen molar-refractivity contribution in [3.8, 4) is 0 Å². The predicted molar refractivity (Wildman–Crippen MR) is 86.1 cm³/mol. The number of hydrogen-bond donors (Lipinski definition) is 1. The lowest BCUT2D eigenvalue weighted by Crippen LogP contribution is -2.46. The van der Waals surface area contributed by atoms with Gasteiger partial charge in [0, 0.05) is 13.1 Å². The van der Waals surface area contributed by atoms with Crippen LogP contribution in [0.3, 0.4) is 0 Å². The summed E-state index contributed by atoms with van der Waals surface area (Å²) < 4.78 is 5.28. The minimum atomic E-state index is -1.02. The van der Waals surface area contributed by atoms with Gasteiger partial charge in [0.15, 0.2) is 0 Å². The maximum absolute atomic E-state index is 12.3. The Kier molecular flexibility index (Phi) is 6.40. The fraction of sp³-hybridized carbons (Fsp3) is 0.529. The molecule has 0 aromatic heterocycles. The van der Waals surface area contributed by atoms with Crippen LogP contribution in [0.15, 0.2) is 30.3 Å². The van der Waals surface area contributed by atoms with E-state index in [1.54, 1.807) is 0 Å². The van der Waals surface area contributed by atoms with Crippen molar-refractivity contribution in [2.24, 2.45) is 0 Å². The molecule has 1 heterocycles. The highest BCUT2D eigenvalue weighted by molar-refractivity contribution is 5.79. The van der Waals surface area contributed by atoms with Gasteiger partial charge in [0.25, 0.3) is 0 Å². The zero-order valence-corrected chi connectivity index (χ0v) is 13.5. The zero-order valence-electron chi connectivity index (χ0n) is 13.5. The van der Waals surface area contributed by atoms with Crippen LogP contribution in [-0.2, 0) is 16.1 Å². The van der Waals surface area contributed by atoms with Crippen LogP contribution < -0.4 is 0 Å². The number of aliphatic carboxylic acids is 1. The van der Waals surface area contributed by atoms with Gasteiger partial charge in [-0.05, 0) is 38.4 Å². The van der Waals surface area contributed by atoms with E-state index in [0.717, 1.165) is 31.5 Å². The molecule has 1 N–H and O–H groups in total. The van der Waals surface area contributed by atoms with E-state index in [1.165, 1.54) is 11.8 Å². The summed E-state index contributed by atoms with van der Waals surface area (Å²) in [6, 6.07) is 8.45. The fourth-order valence-corrected chi connectivity index (χ4v) is 2.63. The van der Waals surface area contributed by atoms with E-state index in [2.05, 4.69) is 4.90 Å². The number of benzene rings is 1. The molecule has 1 aromatic carbocycles. The lowest BCUT2D eigenvalue weighted by Gasteiger charge is -2.27. The Labute approximate surface area is 136 Å². The standard InChI is InChI=1S/C17H24N2O4/c1-14(16(20)21)19(12-11-18-9-5-6-10-18)17(22)23-13-15-7-3-2-4-8-15/h2-4,7-8,14H,5-6,9-13H2,1H3,(H,20,21). The van der Waals surface area contributed by atoms with Crippen molar-refractivity contribution in [3.63, 3.8) is 0 Å². The number of likely N-dealkylation sites (tertiary alicyclic amines) is 1. The molecule has 0 saturated carbocycles. The zero-order chi connectivity index (χ0) is 16.7. The quantitative estimate of drug-likeness (QED) is 0.834. The van der Waals surface area contributed by atoms with Crippen molar-refractivity contribution >= 4 is 12.1 Å². The highest BCUT2D eigenvalue weighted by Crippen LogP contribution is 2.10. The average molecular weight is 320 g/mol. The second kappa shape index (κ2) is 8.53. The van der Waals surface area contributed by atoms with Crippen molar-refractivity contribution in [2.45, 2.75) is 32.4 Å². The molecule has 0 spiro atoms. The smallest absolute Gasteiger partial charge is 0.410 e. The average Bonchev–Trinajstić information content (AvgIpc) is 3.07. The molecule has 1 fully saturated rings. The maximum atomic E-state index is 12.3. The van der Waals surface area contributed by atoms with E-state index in [1.807, 2.05) is 30.3 Å². The van der Waals surface area contributed by atoms with Gasteiger partial charge in [-0.2, -0.15) is 0 Å². The van der Waals surface area contributed by atoms with Crippen LogP contribution in [0.5, 0.6) is 0 Å². The molecule has 1 aromatic rings. The minimum absolute atomic E-state index is 0.145. The van der Waals surface area contributed by atoms with Crippen LogP contribution in [0.25, 0.3) is 0 Å². The Morgan fingerprint density at radius 2 is 1.91 bits per heavy atom. The van der Waals surface area contributed by atoms with E-state index in [0.29, 0.717) is 13.1 Å². The van der Waals surface area contributed by atoms with Crippen LogP contribution in [-0.4, -0.2) is 59.2 Å². The lowest BCUT2D eigenvalue weighted by atomic mass is 10.2. The fourth-order valence-electron chi connectivity index (χ4n) is 2.63. The Morgan fingerprint density at radius 1 is 1.26 bits per heavy atom. The summed E-state index contributed by atoms with van der Waals surface area (Å²) in [5.41, 5.74) is 0.878. The van der Waals surface area contributed by atoms with E-state index in [9.17, 15) is 14.7 Å². The molecule has 1 saturated heterocycles. The summed E-state index contributed by atoms with van der Waals surface area (Å²) in [7, 11) is 0. The van der Waals surface area contributed by atoms with Gasteiger partial charge >= 0.3 is 12.1 Å². The van der Waals surface area contributed by atoms with Crippen LogP contribution in [0.4, 0.5) is 4.79 Å². The van der Waals surface area contributed by atoms with E-state index in [-0.39, 0.29) is 6.61 Å². The molecule has 126 valence electrons. The van der Waals surface area contributed by atoms with Crippen LogP contribution in [0.2, 0.25) is 0 Å². The van der Waals surface area contributed by atoms with Gasteiger partial charge in [0.2, 0.25) is 0 Å². The van der Waals surface area contributed by atoms with Crippen molar-refractivity contribution in [2.75, 3.05) is 26.2 Å². The van der Waals surface area contributed by atoms with Gasteiger partial charge in [-0.25, -0.2) is 9.59 Å². The molecule has 1 atom stereocenters. The first-order valence-electron chi connectivity index (χ1n) is 8.00. The Hall–Kier alpha value is -2.08. The summed E-state index contributed by atoms with van der Waals surface area (Å²) in [6.07, 6.45) is 1.74. The first kappa shape index (κ1) is 17.3. The molecule has 0 bridgehead atoms. The topological polar surface area (TPSA) is 70.1 Å². The van der Waals surface area contributed by atoms with Crippen molar-refractivity contribution < 1.29 is 19.4 Å². The second-order valence-corrected chi connectivity index (χ2v) is 5.80. The van der Waals surface area contributed by atoms with E-state index in [4.69, 9.17) is 4.74 Å². The molecule has 1 amide bonds. The normalized spacial score (nSPS) is 16.0. The molecule has 6 nitrogen and oxygen atoms in total. The first-order chi connectivity index (χ1) is 11.1. The van der Waals surface area contributed by atoms with E-state index < -0.39 is 18.1 Å². The number of carboxylic acids is 1. The van der Waals surface area contributed by atoms with Crippen molar-refractivity contribution in [1.29, 1.82) is 0 Å². The first-order valence-corrected chi connectivity index (χ1v) is 8.00.